The third kappa shape index (κ3) is 2.22. The van der Waals surface area contributed by atoms with E-state index in [1.165, 1.54) is 6.92 Å². The molecule has 1 aliphatic rings. The second kappa shape index (κ2) is 4.61. The average Bonchev–Trinajstić information content (AvgIpc) is 2.73. The topological polar surface area (TPSA) is 48.3 Å². The van der Waals surface area contributed by atoms with Crippen LogP contribution in [0.2, 0.25) is 0 Å². The minimum Gasteiger partial charge on any atom is -0.376 e. The van der Waals surface area contributed by atoms with Crippen LogP contribution in [-0.2, 0) is 11.3 Å². The monoisotopic (exact) mass is 221 g/mol. The fraction of sp³-hybridized carbons (Fsp3) is 0.500. The first-order chi connectivity index (χ1) is 7.68. The highest BCUT2D eigenvalue weighted by Gasteiger charge is 2.17. The Bertz CT molecular complexity index is 444. The van der Waals surface area contributed by atoms with Crippen molar-refractivity contribution in [2.75, 3.05) is 6.61 Å². The van der Waals surface area contributed by atoms with Crippen LogP contribution in [0, 0.1) is 0 Å². The van der Waals surface area contributed by atoms with Gasteiger partial charge < -0.3 is 9.30 Å². The van der Waals surface area contributed by atoms with E-state index in [9.17, 15) is 9.59 Å². The van der Waals surface area contributed by atoms with Gasteiger partial charge in [0.2, 0.25) is 0 Å². The number of nitrogens with zero attached hydrogens (tertiary/aromatic N) is 1. The molecule has 1 aromatic rings. The van der Waals surface area contributed by atoms with Gasteiger partial charge in [0.05, 0.1) is 18.2 Å². The largest absolute Gasteiger partial charge is 0.376 e. The van der Waals surface area contributed by atoms with E-state index in [2.05, 4.69) is 0 Å². The second-order valence-corrected chi connectivity index (χ2v) is 4.07. The minimum absolute atomic E-state index is 0.111. The van der Waals surface area contributed by atoms with Crippen molar-refractivity contribution in [2.45, 2.75) is 32.4 Å². The van der Waals surface area contributed by atoms with Gasteiger partial charge in [-0.25, -0.2) is 0 Å². The number of carbonyl (C=O) groups excluding carboxylic acids is 1. The van der Waals surface area contributed by atoms with Gasteiger partial charge >= 0.3 is 0 Å². The molecule has 86 valence electrons. The molecule has 0 bridgehead atoms. The molecule has 0 radical (unpaired) electrons. The summed E-state index contributed by atoms with van der Waals surface area (Å²) in [5.74, 6) is -0.188. The summed E-state index contributed by atoms with van der Waals surface area (Å²) in [6.07, 6.45) is 3.85. The molecule has 0 amide bonds. The van der Waals surface area contributed by atoms with Gasteiger partial charge in [0, 0.05) is 12.8 Å². The normalized spacial score (nSPS) is 19.9. The van der Waals surface area contributed by atoms with Crippen molar-refractivity contribution in [3.05, 3.63) is 34.2 Å². The molecule has 16 heavy (non-hydrogen) atoms. The minimum atomic E-state index is -0.217. The zero-order valence-electron chi connectivity index (χ0n) is 9.31. The number of carbonyl (C=O) groups is 1. The molecular weight excluding hydrogens is 206 g/mol. The lowest BCUT2D eigenvalue weighted by atomic mass is 10.2. The van der Waals surface area contributed by atoms with E-state index in [0.29, 0.717) is 6.54 Å². The number of hydrogen-bond donors (Lipinski definition) is 0. The molecule has 2 rings (SSSR count). The van der Waals surface area contributed by atoms with Gasteiger partial charge in [-0.3, -0.25) is 9.59 Å². The fourth-order valence-corrected chi connectivity index (χ4v) is 1.96. The fourth-order valence-electron chi connectivity index (χ4n) is 1.96. The first-order valence-corrected chi connectivity index (χ1v) is 5.50. The third-order valence-corrected chi connectivity index (χ3v) is 2.82. The van der Waals surface area contributed by atoms with Crippen LogP contribution in [0.5, 0.6) is 0 Å². The number of Topliss-reactive ketones (excluding diaryl/α,β-unsaturated/α-hetero) is 1. The number of ketones is 1. The number of rotatable bonds is 3. The lowest BCUT2D eigenvalue weighted by Crippen LogP contribution is -2.29. The highest BCUT2D eigenvalue weighted by molar-refractivity contribution is 5.93. The third-order valence-electron chi connectivity index (χ3n) is 2.82. The lowest BCUT2D eigenvalue weighted by molar-refractivity contribution is 0.0951. The molecule has 1 saturated heterocycles. The standard InChI is InChI=1S/C12H15NO3/c1-9(14)11-5-2-6-13(12(11)15)8-10-4-3-7-16-10/h2,5-6,10H,3-4,7-8H2,1H3. The highest BCUT2D eigenvalue weighted by Crippen LogP contribution is 2.13. The van der Waals surface area contributed by atoms with E-state index in [-0.39, 0.29) is 23.0 Å². The maximum atomic E-state index is 11.9. The molecule has 1 fully saturated rings. The predicted octanol–water partition coefficient (Wildman–Crippen LogP) is 1.23. The van der Waals surface area contributed by atoms with Crippen LogP contribution < -0.4 is 5.56 Å². The summed E-state index contributed by atoms with van der Waals surface area (Å²) in [5, 5.41) is 0. The Kier molecular flexibility index (Phi) is 3.19. The van der Waals surface area contributed by atoms with Crippen molar-refractivity contribution in [1.29, 1.82) is 0 Å². The Morgan fingerprint density at radius 2 is 2.44 bits per heavy atom. The molecule has 0 aliphatic carbocycles. The molecule has 0 saturated carbocycles. The van der Waals surface area contributed by atoms with Crippen molar-refractivity contribution in [3.8, 4) is 0 Å². The predicted molar refractivity (Wildman–Crippen MR) is 59.7 cm³/mol. The molecule has 2 heterocycles. The van der Waals surface area contributed by atoms with Gasteiger partial charge in [-0.05, 0) is 31.9 Å². The van der Waals surface area contributed by atoms with E-state index in [1.54, 1.807) is 22.9 Å². The summed E-state index contributed by atoms with van der Waals surface area (Å²) >= 11 is 0. The maximum Gasteiger partial charge on any atom is 0.261 e. The van der Waals surface area contributed by atoms with Gasteiger partial charge in [0.15, 0.2) is 5.78 Å². The summed E-state index contributed by atoms with van der Waals surface area (Å²) in [7, 11) is 0. The summed E-state index contributed by atoms with van der Waals surface area (Å²) < 4.78 is 7.03. The van der Waals surface area contributed by atoms with E-state index in [0.717, 1.165) is 19.4 Å². The van der Waals surface area contributed by atoms with Crippen LogP contribution in [0.15, 0.2) is 23.1 Å². The maximum absolute atomic E-state index is 11.9. The van der Waals surface area contributed by atoms with E-state index in [1.807, 2.05) is 0 Å². The van der Waals surface area contributed by atoms with Crippen molar-refractivity contribution >= 4 is 5.78 Å². The molecule has 4 nitrogen and oxygen atoms in total. The Balaban J connectivity index is 2.24. The molecule has 0 aromatic carbocycles. The van der Waals surface area contributed by atoms with Gasteiger partial charge in [-0.2, -0.15) is 0 Å². The lowest BCUT2D eigenvalue weighted by Gasteiger charge is -2.12. The summed E-state index contributed by atoms with van der Waals surface area (Å²) in [6.45, 7) is 2.72. The van der Waals surface area contributed by atoms with Gasteiger partial charge in [-0.1, -0.05) is 0 Å². The first-order valence-electron chi connectivity index (χ1n) is 5.50. The highest BCUT2D eigenvalue weighted by atomic mass is 16.5. The average molecular weight is 221 g/mol. The summed E-state index contributed by atoms with van der Waals surface area (Å²) in [5.41, 5.74) is 0.0333. The molecule has 1 atom stereocenters. The number of aromatic nitrogens is 1. The summed E-state index contributed by atoms with van der Waals surface area (Å²) in [6, 6.07) is 3.30. The van der Waals surface area contributed by atoms with E-state index >= 15 is 0 Å². The molecule has 1 aliphatic heterocycles. The SMILES string of the molecule is CC(=O)c1cccn(CC2CCCO2)c1=O. The van der Waals surface area contributed by atoms with Crippen molar-refractivity contribution in [3.63, 3.8) is 0 Å². The zero-order chi connectivity index (χ0) is 11.5. The Morgan fingerprint density at radius 3 is 3.06 bits per heavy atom. The molecule has 1 unspecified atom stereocenters. The Morgan fingerprint density at radius 1 is 1.62 bits per heavy atom. The van der Waals surface area contributed by atoms with Gasteiger partial charge in [0.1, 0.15) is 0 Å². The first kappa shape index (κ1) is 11.1. The van der Waals surface area contributed by atoms with Crippen LogP contribution in [-0.4, -0.2) is 23.1 Å². The number of hydrogen-bond acceptors (Lipinski definition) is 3. The number of ether oxygens (including phenoxy) is 1. The molecule has 0 N–H and O–H groups in total. The summed E-state index contributed by atoms with van der Waals surface area (Å²) in [4.78, 5) is 23.1. The Hall–Kier alpha value is -1.42. The van der Waals surface area contributed by atoms with E-state index < -0.39 is 0 Å². The molecular formula is C12H15NO3. The van der Waals surface area contributed by atoms with Crippen LogP contribution in [0.4, 0.5) is 0 Å². The molecule has 1 aromatic heterocycles. The quantitative estimate of drug-likeness (QED) is 0.721. The van der Waals surface area contributed by atoms with Crippen molar-refractivity contribution in [2.24, 2.45) is 0 Å². The number of pyridine rings is 1. The van der Waals surface area contributed by atoms with Crippen LogP contribution in [0.3, 0.4) is 0 Å². The van der Waals surface area contributed by atoms with Crippen LogP contribution >= 0.6 is 0 Å². The van der Waals surface area contributed by atoms with Crippen molar-refractivity contribution in [1.82, 2.24) is 4.57 Å². The van der Waals surface area contributed by atoms with Gasteiger partial charge in [0.25, 0.3) is 5.56 Å². The zero-order valence-corrected chi connectivity index (χ0v) is 9.31. The Labute approximate surface area is 93.8 Å². The molecule has 4 heteroatoms. The van der Waals surface area contributed by atoms with E-state index in [4.69, 9.17) is 4.74 Å². The molecule has 0 spiro atoms. The van der Waals surface area contributed by atoms with Gasteiger partial charge in [-0.15, -0.1) is 0 Å². The van der Waals surface area contributed by atoms with Crippen LogP contribution in [0.1, 0.15) is 30.1 Å². The second-order valence-electron chi connectivity index (χ2n) is 4.07. The smallest absolute Gasteiger partial charge is 0.261 e. The van der Waals surface area contributed by atoms with Crippen LogP contribution in [0.25, 0.3) is 0 Å². The van der Waals surface area contributed by atoms with Crippen molar-refractivity contribution < 1.29 is 9.53 Å².